The Morgan fingerprint density at radius 1 is 0.810 bits per heavy atom. The summed E-state index contributed by atoms with van der Waals surface area (Å²) in [6.07, 6.45) is 2.69. The van der Waals surface area contributed by atoms with Crippen LogP contribution in [0, 0.1) is 0 Å². The molecular formula is C16H29N3S2. The molecule has 1 atom stereocenters. The van der Waals surface area contributed by atoms with Crippen LogP contribution in [0.25, 0.3) is 0 Å². The number of likely N-dealkylation sites (tertiary alicyclic amines) is 1. The minimum Gasteiger partial charge on any atom is -0.306 e. The molecule has 4 saturated heterocycles. The highest BCUT2D eigenvalue weighted by atomic mass is 32.2. The highest BCUT2D eigenvalue weighted by Gasteiger charge is 2.70. The van der Waals surface area contributed by atoms with Gasteiger partial charge in [0, 0.05) is 34.7 Å². The van der Waals surface area contributed by atoms with Crippen LogP contribution in [0.2, 0.25) is 0 Å². The molecular weight excluding hydrogens is 298 g/mol. The molecule has 0 amide bonds. The van der Waals surface area contributed by atoms with Gasteiger partial charge in [-0.25, -0.2) is 0 Å². The fraction of sp³-hybridized carbons (Fsp3) is 1.00. The van der Waals surface area contributed by atoms with Crippen molar-refractivity contribution in [3.8, 4) is 0 Å². The Balaban J connectivity index is 1.71. The standard InChI is InChI=1S/C16H29N3S2/c1-13(2)10-18-12-15(6-8-17(5)9-7-15)19-11-14(3,4)21-16(18,19)20-13/h6-12H2,1-5H3. The molecule has 0 saturated carbocycles. The molecule has 2 spiro atoms. The summed E-state index contributed by atoms with van der Waals surface area (Å²) in [6.45, 7) is 16.1. The maximum atomic E-state index is 2.93. The molecule has 0 aromatic rings. The number of hydrogen-bond acceptors (Lipinski definition) is 5. The van der Waals surface area contributed by atoms with Crippen molar-refractivity contribution in [1.29, 1.82) is 0 Å². The van der Waals surface area contributed by atoms with Gasteiger partial charge in [0.05, 0.1) is 0 Å². The van der Waals surface area contributed by atoms with Gasteiger partial charge in [0.2, 0.25) is 0 Å². The molecule has 0 aromatic heterocycles. The number of thioether (sulfide) groups is 2. The first-order chi connectivity index (χ1) is 9.67. The summed E-state index contributed by atoms with van der Waals surface area (Å²) in [6, 6.07) is 0. The third-order valence-electron chi connectivity index (χ3n) is 5.65. The molecule has 5 heteroatoms. The van der Waals surface area contributed by atoms with Gasteiger partial charge in [-0.05, 0) is 60.7 Å². The highest BCUT2D eigenvalue weighted by molar-refractivity contribution is 8.19. The van der Waals surface area contributed by atoms with E-state index in [2.05, 4.69) is 73.0 Å². The maximum absolute atomic E-state index is 2.93. The molecule has 0 bridgehead atoms. The molecule has 120 valence electrons. The molecule has 0 N–H and O–H groups in total. The van der Waals surface area contributed by atoms with Crippen LogP contribution < -0.4 is 0 Å². The second-order valence-electron chi connectivity index (χ2n) is 8.74. The van der Waals surface area contributed by atoms with E-state index in [4.69, 9.17) is 0 Å². The quantitative estimate of drug-likeness (QED) is 0.675. The monoisotopic (exact) mass is 327 g/mol. The molecule has 4 aliphatic rings. The van der Waals surface area contributed by atoms with Crippen molar-refractivity contribution in [3.63, 3.8) is 0 Å². The lowest BCUT2D eigenvalue weighted by Gasteiger charge is -2.45. The fourth-order valence-corrected chi connectivity index (χ4v) is 9.41. The van der Waals surface area contributed by atoms with Crippen molar-refractivity contribution in [2.75, 3.05) is 39.8 Å². The number of hydrogen-bond donors (Lipinski definition) is 0. The molecule has 4 heterocycles. The summed E-state index contributed by atoms with van der Waals surface area (Å²) in [4.78, 5) is 8.26. The van der Waals surface area contributed by atoms with E-state index in [1.54, 1.807) is 0 Å². The highest BCUT2D eigenvalue weighted by Crippen LogP contribution is 2.68. The molecule has 4 fully saturated rings. The van der Waals surface area contributed by atoms with Crippen LogP contribution in [0.3, 0.4) is 0 Å². The minimum atomic E-state index is 0.225. The van der Waals surface area contributed by atoms with Crippen molar-refractivity contribution in [3.05, 3.63) is 0 Å². The van der Waals surface area contributed by atoms with Crippen LogP contribution in [0.4, 0.5) is 0 Å². The molecule has 0 radical (unpaired) electrons. The topological polar surface area (TPSA) is 9.72 Å². The molecule has 4 aliphatic heterocycles. The van der Waals surface area contributed by atoms with Gasteiger partial charge >= 0.3 is 0 Å². The second-order valence-corrected chi connectivity index (χ2v) is 12.8. The second kappa shape index (κ2) is 4.35. The first-order valence-corrected chi connectivity index (χ1v) is 9.92. The first-order valence-electron chi connectivity index (χ1n) is 8.28. The molecule has 4 rings (SSSR count). The SMILES string of the molecule is CN1CCC2(CC1)CN1CC(C)(C)SC13SC(C)(C)CN23. The van der Waals surface area contributed by atoms with Crippen LogP contribution >= 0.6 is 23.5 Å². The summed E-state index contributed by atoms with van der Waals surface area (Å²) in [5, 5.41) is 0. The lowest BCUT2D eigenvalue weighted by atomic mass is 9.86. The predicted molar refractivity (Wildman–Crippen MR) is 93.8 cm³/mol. The predicted octanol–water partition coefficient (Wildman–Crippen LogP) is 2.73. The normalized spacial score (nSPS) is 41.6. The Hall–Kier alpha value is 0.580. The number of fused-ring (bicyclic) bond motifs is 1. The van der Waals surface area contributed by atoms with E-state index in [9.17, 15) is 0 Å². The molecule has 3 nitrogen and oxygen atoms in total. The Labute approximate surface area is 138 Å². The van der Waals surface area contributed by atoms with Crippen molar-refractivity contribution in [1.82, 2.24) is 14.7 Å². The zero-order valence-corrected chi connectivity index (χ0v) is 15.7. The van der Waals surface area contributed by atoms with Crippen molar-refractivity contribution in [2.45, 2.75) is 59.9 Å². The van der Waals surface area contributed by atoms with Gasteiger partial charge < -0.3 is 4.90 Å². The van der Waals surface area contributed by atoms with Crippen molar-refractivity contribution in [2.24, 2.45) is 0 Å². The number of piperidine rings is 1. The average molecular weight is 328 g/mol. The Bertz CT molecular complexity index is 452. The fourth-order valence-electron chi connectivity index (χ4n) is 4.78. The van der Waals surface area contributed by atoms with E-state index < -0.39 is 0 Å². The van der Waals surface area contributed by atoms with E-state index >= 15 is 0 Å². The van der Waals surface area contributed by atoms with Gasteiger partial charge in [-0.2, -0.15) is 0 Å². The van der Waals surface area contributed by atoms with Crippen LogP contribution in [0.15, 0.2) is 0 Å². The van der Waals surface area contributed by atoms with Crippen LogP contribution in [0.5, 0.6) is 0 Å². The Morgan fingerprint density at radius 2 is 1.38 bits per heavy atom. The summed E-state index contributed by atoms with van der Waals surface area (Å²) in [7, 11) is 2.28. The van der Waals surface area contributed by atoms with E-state index in [1.807, 2.05) is 0 Å². The smallest absolute Gasteiger partial charge is 0.172 e. The average Bonchev–Trinajstić information content (AvgIpc) is 2.82. The lowest BCUT2D eigenvalue weighted by molar-refractivity contribution is 0.0597. The van der Waals surface area contributed by atoms with Gasteiger partial charge in [0.1, 0.15) is 0 Å². The minimum absolute atomic E-state index is 0.225. The zero-order chi connectivity index (χ0) is 15.1. The zero-order valence-electron chi connectivity index (χ0n) is 14.1. The summed E-state index contributed by atoms with van der Waals surface area (Å²) < 4.78 is 0.990. The van der Waals surface area contributed by atoms with Crippen LogP contribution in [0.1, 0.15) is 40.5 Å². The molecule has 0 aromatic carbocycles. The number of nitrogens with zero attached hydrogens (tertiary/aromatic N) is 3. The summed E-state index contributed by atoms with van der Waals surface area (Å²) in [5.41, 5.74) is 0.441. The van der Waals surface area contributed by atoms with Gasteiger partial charge in [-0.3, -0.25) is 9.80 Å². The van der Waals surface area contributed by atoms with Gasteiger partial charge in [-0.1, -0.05) is 0 Å². The Morgan fingerprint density at radius 3 is 2.00 bits per heavy atom. The Kier molecular flexibility index (Phi) is 3.13. The molecule has 0 aliphatic carbocycles. The van der Waals surface area contributed by atoms with E-state index in [1.165, 1.54) is 45.6 Å². The van der Waals surface area contributed by atoms with E-state index in [-0.39, 0.29) is 4.33 Å². The van der Waals surface area contributed by atoms with Crippen molar-refractivity contribution >= 4 is 23.5 Å². The number of rotatable bonds is 0. The summed E-state index contributed by atoms with van der Waals surface area (Å²) in [5.74, 6) is 0. The van der Waals surface area contributed by atoms with E-state index in [0.717, 1.165) is 0 Å². The maximum Gasteiger partial charge on any atom is 0.172 e. The van der Waals surface area contributed by atoms with Crippen LogP contribution in [-0.4, -0.2) is 73.8 Å². The molecule has 1 unspecified atom stereocenters. The largest absolute Gasteiger partial charge is 0.306 e. The molecule has 21 heavy (non-hydrogen) atoms. The van der Waals surface area contributed by atoms with Gasteiger partial charge in [-0.15, -0.1) is 23.5 Å². The lowest BCUT2D eigenvalue weighted by Crippen LogP contribution is -2.56. The summed E-state index contributed by atoms with van der Waals surface area (Å²) >= 11 is 4.46. The third kappa shape index (κ3) is 2.14. The third-order valence-corrected chi connectivity index (χ3v) is 9.00. The van der Waals surface area contributed by atoms with Crippen molar-refractivity contribution < 1.29 is 0 Å². The van der Waals surface area contributed by atoms with Crippen LogP contribution in [-0.2, 0) is 0 Å². The van der Waals surface area contributed by atoms with Gasteiger partial charge in [0.25, 0.3) is 0 Å². The van der Waals surface area contributed by atoms with E-state index in [0.29, 0.717) is 15.0 Å². The van der Waals surface area contributed by atoms with Gasteiger partial charge in [0.15, 0.2) is 4.33 Å². The first kappa shape index (κ1) is 15.1.